The van der Waals surface area contributed by atoms with Crippen molar-refractivity contribution in [3.8, 4) is 6.07 Å². The quantitative estimate of drug-likeness (QED) is 0.925. The first-order valence-corrected chi connectivity index (χ1v) is 6.98. The second kappa shape index (κ2) is 5.42. The Hall–Kier alpha value is -1.85. The first-order valence-electron chi connectivity index (χ1n) is 5.29. The van der Waals surface area contributed by atoms with Crippen molar-refractivity contribution in [1.82, 2.24) is 14.8 Å². The molecule has 2 aromatic rings. The molecule has 0 saturated heterocycles. The number of carbonyl (C=O) groups is 1. The van der Waals surface area contributed by atoms with E-state index >= 15 is 0 Å². The molecule has 0 aromatic carbocycles. The molecule has 0 unspecified atom stereocenters. The molecule has 0 aliphatic heterocycles. The molecule has 0 aliphatic rings. The first kappa shape index (κ1) is 13.6. The van der Waals surface area contributed by atoms with Gasteiger partial charge in [-0.1, -0.05) is 0 Å². The Bertz CT molecular complexity index is 669. The van der Waals surface area contributed by atoms with Crippen LogP contribution in [-0.2, 0) is 18.3 Å². The Morgan fingerprint density at radius 2 is 2.42 bits per heavy atom. The standard InChI is InChI=1S/C11H10N4O2S2/c1-6-8(4-12)10(15(2)14-6)19-11-13-7(5-18-11)3-9(16)17/h5H,3H2,1-2H3,(H,16,17). The zero-order chi connectivity index (χ0) is 14.0. The molecule has 2 heterocycles. The topological polar surface area (TPSA) is 91.8 Å². The molecule has 0 atom stereocenters. The maximum absolute atomic E-state index is 10.6. The third-order valence-corrected chi connectivity index (χ3v) is 4.48. The number of thiazole rings is 1. The average Bonchev–Trinajstić information content (AvgIpc) is 2.85. The summed E-state index contributed by atoms with van der Waals surface area (Å²) >= 11 is 2.69. The molecule has 8 heteroatoms. The van der Waals surface area contributed by atoms with E-state index in [2.05, 4.69) is 16.2 Å². The van der Waals surface area contributed by atoms with E-state index in [1.165, 1.54) is 23.1 Å². The third-order valence-electron chi connectivity index (χ3n) is 2.33. The number of aromatic nitrogens is 3. The molecule has 6 nitrogen and oxygen atoms in total. The van der Waals surface area contributed by atoms with Gasteiger partial charge in [-0.2, -0.15) is 10.4 Å². The van der Waals surface area contributed by atoms with E-state index in [4.69, 9.17) is 10.4 Å². The largest absolute Gasteiger partial charge is 0.481 e. The predicted octanol–water partition coefficient (Wildman–Crippen LogP) is 1.83. The molecule has 1 N–H and O–H groups in total. The Labute approximate surface area is 117 Å². The predicted molar refractivity (Wildman–Crippen MR) is 70.2 cm³/mol. The highest BCUT2D eigenvalue weighted by atomic mass is 32.2. The van der Waals surface area contributed by atoms with Crippen molar-refractivity contribution in [3.63, 3.8) is 0 Å². The Kier molecular flexibility index (Phi) is 3.87. The molecule has 0 spiro atoms. The summed E-state index contributed by atoms with van der Waals surface area (Å²) in [5, 5.41) is 24.4. The lowest BCUT2D eigenvalue weighted by Crippen LogP contribution is -1.99. The number of carboxylic acids is 1. The SMILES string of the molecule is Cc1nn(C)c(Sc2nc(CC(=O)O)cs2)c1C#N. The summed E-state index contributed by atoms with van der Waals surface area (Å²) in [6.45, 7) is 1.78. The summed E-state index contributed by atoms with van der Waals surface area (Å²) in [6, 6.07) is 2.12. The highest BCUT2D eigenvalue weighted by molar-refractivity contribution is 8.01. The summed E-state index contributed by atoms with van der Waals surface area (Å²) < 4.78 is 2.34. The number of nitrogens with zero attached hydrogens (tertiary/aromatic N) is 4. The van der Waals surface area contributed by atoms with Crippen LogP contribution in [0, 0.1) is 18.3 Å². The number of carboxylic acid groups (broad SMARTS) is 1. The monoisotopic (exact) mass is 294 g/mol. The van der Waals surface area contributed by atoms with Crippen LogP contribution in [0.25, 0.3) is 0 Å². The van der Waals surface area contributed by atoms with Crippen LogP contribution in [0.15, 0.2) is 14.7 Å². The van der Waals surface area contributed by atoms with Crippen molar-refractivity contribution in [3.05, 3.63) is 22.3 Å². The van der Waals surface area contributed by atoms with Crippen LogP contribution in [0.1, 0.15) is 17.0 Å². The van der Waals surface area contributed by atoms with E-state index in [9.17, 15) is 4.79 Å². The lowest BCUT2D eigenvalue weighted by molar-refractivity contribution is -0.136. The highest BCUT2D eigenvalue weighted by Crippen LogP contribution is 2.33. The summed E-state index contributed by atoms with van der Waals surface area (Å²) in [6.07, 6.45) is -0.0907. The Balaban J connectivity index is 2.24. The van der Waals surface area contributed by atoms with Gasteiger partial charge in [0.2, 0.25) is 0 Å². The zero-order valence-corrected chi connectivity index (χ0v) is 11.9. The molecule has 0 amide bonds. The molecule has 0 aliphatic carbocycles. The molecule has 0 radical (unpaired) electrons. The lowest BCUT2D eigenvalue weighted by atomic mass is 10.3. The molecule has 0 bridgehead atoms. The number of aliphatic carboxylic acids is 1. The van der Waals surface area contributed by atoms with Gasteiger partial charge in [-0.05, 0) is 18.7 Å². The minimum Gasteiger partial charge on any atom is -0.481 e. The van der Waals surface area contributed by atoms with Gasteiger partial charge in [0.25, 0.3) is 0 Å². The summed E-state index contributed by atoms with van der Waals surface area (Å²) in [7, 11) is 1.77. The number of hydrogen-bond acceptors (Lipinski definition) is 6. The van der Waals surface area contributed by atoms with Crippen LogP contribution in [0.5, 0.6) is 0 Å². The first-order chi connectivity index (χ1) is 9.01. The van der Waals surface area contributed by atoms with Crippen molar-refractivity contribution in [1.29, 1.82) is 5.26 Å². The highest BCUT2D eigenvalue weighted by Gasteiger charge is 2.16. The molecule has 19 heavy (non-hydrogen) atoms. The fraction of sp³-hybridized carbons (Fsp3) is 0.273. The van der Waals surface area contributed by atoms with Crippen molar-refractivity contribution in [2.45, 2.75) is 22.7 Å². The van der Waals surface area contributed by atoms with E-state index in [0.29, 0.717) is 21.3 Å². The van der Waals surface area contributed by atoms with Gasteiger partial charge in [-0.25, -0.2) is 4.98 Å². The third kappa shape index (κ3) is 2.94. The second-order valence-corrected chi connectivity index (χ2v) is 5.87. The van der Waals surface area contributed by atoms with E-state index in [1.807, 2.05) is 0 Å². The van der Waals surface area contributed by atoms with Crippen LogP contribution >= 0.6 is 23.1 Å². The van der Waals surface area contributed by atoms with E-state index in [1.54, 1.807) is 24.0 Å². The lowest BCUT2D eigenvalue weighted by Gasteiger charge is -1.98. The smallest absolute Gasteiger partial charge is 0.309 e. The van der Waals surface area contributed by atoms with Crippen molar-refractivity contribution in [2.24, 2.45) is 7.05 Å². The molecule has 0 fully saturated rings. The van der Waals surface area contributed by atoms with Gasteiger partial charge >= 0.3 is 5.97 Å². The number of hydrogen-bond donors (Lipinski definition) is 1. The van der Waals surface area contributed by atoms with E-state index in [0.717, 1.165) is 5.03 Å². The van der Waals surface area contributed by atoms with Gasteiger partial charge in [0.15, 0.2) is 4.34 Å². The second-order valence-electron chi connectivity index (χ2n) is 3.78. The Morgan fingerprint density at radius 3 is 3.05 bits per heavy atom. The van der Waals surface area contributed by atoms with Crippen molar-refractivity contribution >= 4 is 29.1 Å². The summed E-state index contributed by atoms with van der Waals surface area (Å²) in [4.78, 5) is 14.8. The van der Waals surface area contributed by atoms with Crippen molar-refractivity contribution in [2.75, 3.05) is 0 Å². The van der Waals surface area contributed by atoms with Crippen LogP contribution in [0.2, 0.25) is 0 Å². The fourth-order valence-corrected chi connectivity index (χ4v) is 3.45. The number of rotatable bonds is 4. The average molecular weight is 294 g/mol. The minimum atomic E-state index is -0.907. The van der Waals surface area contributed by atoms with E-state index < -0.39 is 5.97 Å². The van der Waals surface area contributed by atoms with Gasteiger partial charge < -0.3 is 5.11 Å². The molecular weight excluding hydrogens is 284 g/mol. The van der Waals surface area contributed by atoms with Crippen LogP contribution in [-0.4, -0.2) is 25.8 Å². The molecule has 2 rings (SSSR count). The molecule has 2 aromatic heterocycles. The Morgan fingerprint density at radius 1 is 1.68 bits per heavy atom. The van der Waals surface area contributed by atoms with Crippen LogP contribution < -0.4 is 0 Å². The normalized spacial score (nSPS) is 10.4. The number of nitriles is 1. The van der Waals surface area contributed by atoms with Gasteiger partial charge in [0.05, 0.1) is 17.8 Å². The molecule has 0 saturated carbocycles. The van der Waals surface area contributed by atoms with Crippen LogP contribution in [0.4, 0.5) is 0 Å². The van der Waals surface area contributed by atoms with Crippen LogP contribution in [0.3, 0.4) is 0 Å². The van der Waals surface area contributed by atoms with Crippen molar-refractivity contribution < 1.29 is 9.90 Å². The summed E-state index contributed by atoms with van der Waals surface area (Å²) in [5.74, 6) is -0.907. The van der Waals surface area contributed by atoms with Gasteiger partial charge in [0.1, 0.15) is 16.7 Å². The molecule has 98 valence electrons. The maximum Gasteiger partial charge on any atom is 0.309 e. The zero-order valence-electron chi connectivity index (χ0n) is 10.2. The minimum absolute atomic E-state index is 0.0907. The van der Waals surface area contributed by atoms with E-state index in [-0.39, 0.29) is 6.42 Å². The summed E-state index contributed by atoms with van der Waals surface area (Å²) in [5.41, 5.74) is 1.73. The fourth-order valence-electron chi connectivity index (χ4n) is 1.54. The maximum atomic E-state index is 10.6. The van der Waals surface area contributed by atoms with Gasteiger partial charge in [0, 0.05) is 12.4 Å². The molecular formula is C11H10N4O2S2. The number of aryl methyl sites for hydroxylation is 2. The van der Waals surface area contributed by atoms with Gasteiger partial charge in [-0.15, -0.1) is 11.3 Å². The van der Waals surface area contributed by atoms with Gasteiger partial charge in [-0.3, -0.25) is 9.48 Å².